The third kappa shape index (κ3) is 4.48. The van der Waals surface area contributed by atoms with Crippen molar-refractivity contribution in [2.45, 2.75) is 11.8 Å². The van der Waals surface area contributed by atoms with Crippen molar-refractivity contribution in [3.8, 4) is 5.75 Å². The normalized spacial score (nSPS) is 15.5. The van der Waals surface area contributed by atoms with Gasteiger partial charge in [0.05, 0.1) is 4.90 Å². The highest BCUT2D eigenvalue weighted by atomic mass is 32.2. The van der Waals surface area contributed by atoms with Crippen LogP contribution in [0, 0.1) is 18.6 Å². The average molecular weight is 410 g/mol. The van der Waals surface area contributed by atoms with Crippen molar-refractivity contribution in [2.24, 2.45) is 0 Å². The highest BCUT2D eigenvalue weighted by Gasteiger charge is 2.30. The van der Waals surface area contributed by atoms with E-state index in [0.717, 1.165) is 22.0 Å². The number of hydrogen-bond donors (Lipinski definition) is 0. The van der Waals surface area contributed by atoms with Crippen molar-refractivity contribution in [2.75, 3.05) is 32.8 Å². The Morgan fingerprint density at radius 1 is 1.00 bits per heavy atom. The molecule has 0 saturated carbocycles. The minimum Gasteiger partial charge on any atom is -0.484 e. The fraction of sp³-hybridized carbons (Fsp3) is 0.316. The van der Waals surface area contributed by atoms with Gasteiger partial charge in [-0.1, -0.05) is 17.7 Å². The summed E-state index contributed by atoms with van der Waals surface area (Å²) in [5.41, 5.74) is 1.08. The van der Waals surface area contributed by atoms with E-state index >= 15 is 0 Å². The summed E-state index contributed by atoms with van der Waals surface area (Å²) in [5, 5.41) is 0. The Kier molecular flexibility index (Phi) is 5.95. The Morgan fingerprint density at radius 3 is 2.25 bits per heavy atom. The summed E-state index contributed by atoms with van der Waals surface area (Å²) in [6, 6.07) is 9.77. The van der Waals surface area contributed by atoms with E-state index in [1.807, 2.05) is 19.1 Å². The van der Waals surface area contributed by atoms with Gasteiger partial charge in [-0.05, 0) is 37.3 Å². The zero-order valence-electron chi connectivity index (χ0n) is 15.3. The van der Waals surface area contributed by atoms with Crippen LogP contribution >= 0.6 is 0 Å². The molecular weight excluding hydrogens is 390 g/mol. The second-order valence-corrected chi connectivity index (χ2v) is 8.40. The van der Waals surface area contributed by atoms with Crippen molar-refractivity contribution >= 4 is 15.9 Å². The number of sulfonamides is 1. The molecule has 150 valence electrons. The molecule has 1 saturated heterocycles. The molecule has 3 rings (SSSR count). The second-order valence-electron chi connectivity index (χ2n) is 6.46. The highest BCUT2D eigenvalue weighted by molar-refractivity contribution is 7.89. The number of piperazine rings is 1. The van der Waals surface area contributed by atoms with Gasteiger partial charge >= 0.3 is 0 Å². The van der Waals surface area contributed by atoms with E-state index in [9.17, 15) is 22.0 Å². The van der Waals surface area contributed by atoms with Gasteiger partial charge in [-0.25, -0.2) is 17.2 Å². The standard InChI is InChI=1S/C19H20F2N2O4S/c1-14-2-4-15(5-3-14)27-13-19(24)22-8-10-23(11-9-22)28(25,26)16-6-7-17(20)18(21)12-16/h2-7,12H,8-11,13H2,1H3. The maximum Gasteiger partial charge on any atom is 0.260 e. The number of amides is 1. The molecule has 1 amide bonds. The molecule has 0 N–H and O–H groups in total. The number of halogens is 2. The number of hydrogen-bond acceptors (Lipinski definition) is 4. The molecule has 1 heterocycles. The first-order valence-electron chi connectivity index (χ1n) is 8.70. The van der Waals surface area contributed by atoms with Gasteiger partial charge in [-0.3, -0.25) is 4.79 Å². The molecule has 6 nitrogen and oxygen atoms in total. The number of benzene rings is 2. The summed E-state index contributed by atoms with van der Waals surface area (Å²) >= 11 is 0. The van der Waals surface area contributed by atoms with Crippen molar-refractivity contribution in [3.63, 3.8) is 0 Å². The van der Waals surface area contributed by atoms with Crippen LogP contribution in [0.1, 0.15) is 5.56 Å². The van der Waals surface area contributed by atoms with E-state index in [1.165, 1.54) is 4.90 Å². The van der Waals surface area contributed by atoms with E-state index in [1.54, 1.807) is 12.1 Å². The number of nitrogens with zero attached hydrogens (tertiary/aromatic N) is 2. The first-order chi connectivity index (χ1) is 13.3. The predicted octanol–water partition coefficient (Wildman–Crippen LogP) is 2.19. The van der Waals surface area contributed by atoms with Gasteiger partial charge in [0.2, 0.25) is 10.0 Å². The first-order valence-corrected chi connectivity index (χ1v) is 10.1. The van der Waals surface area contributed by atoms with Crippen LogP contribution in [0.25, 0.3) is 0 Å². The highest BCUT2D eigenvalue weighted by Crippen LogP contribution is 2.20. The van der Waals surface area contributed by atoms with E-state index in [0.29, 0.717) is 11.8 Å². The van der Waals surface area contributed by atoms with Crippen LogP contribution in [0.2, 0.25) is 0 Å². The lowest BCUT2D eigenvalue weighted by Gasteiger charge is -2.34. The number of carbonyl (C=O) groups excluding carboxylic acids is 1. The maximum absolute atomic E-state index is 13.4. The van der Waals surface area contributed by atoms with Crippen LogP contribution < -0.4 is 4.74 Å². The number of carbonyl (C=O) groups is 1. The SMILES string of the molecule is Cc1ccc(OCC(=O)N2CCN(S(=O)(=O)c3ccc(F)c(F)c3)CC2)cc1. The summed E-state index contributed by atoms with van der Waals surface area (Å²) in [5.74, 6) is -1.99. The molecule has 1 aliphatic heterocycles. The van der Waals surface area contributed by atoms with Crippen LogP contribution in [0.3, 0.4) is 0 Å². The third-order valence-electron chi connectivity index (χ3n) is 4.50. The van der Waals surface area contributed by atoms with Crippen LogP contribution in [0.4, 0.5) is 8.78 Å². The van der Waals surface area contributed by atoms with Gasteiger partial charge in [0.1, 0.15) is 5.75 Å². The molecule has 2 aromatic carbocycles. The molecule has 1 fully saturated rings. The fourth-order valence-corrected chi connectivity index (χ4v) is 4.27. The summed E-state index contributed by atoms with van der Waals surface area (Å²) < 4.78 is 58.2. The van der Waals surface area contributed by atoms with Gasteiger partial charge in [0.25, 0.3) is 5.91 Å². The van der Waals surface area contributed by atoms with Gasteiger partial charge < -0.3 is 9.64 Å². The zero-order chi connectivity index (χ0) is 20.3. The lowest BCUT2D eigenvalue weighted by atomic mass is 10.2. The Morgan fingerprint density at radius 2 is 1.64 bits per heavy atom. The summed E-state index contributed by atoms with van der Waals surface area (Å²) in [6.45, 7) is 2.33. The second kappa shape index (κ2) is 8.24. The molecule has 0 atom stereocenters. The smallest absolute Gasteiger partial charge is 0.260 e. The van der Waals surface area contributed by atoms with Crippen molar-refractivity contribution in [3.05, 3.63) is 59.7 Å². The first kappa shape index (κ1) is 20.2. The molecule has 0 spiro atoms. The van der Waals surface area contributed by atoms with Crippen LogP contribution in [0.15, 0.2) is 47.4 Å². The number of aryl methyl sites for hydroxylation is 1. The molecule has 0 radical (unpaired) electrons. The van der Waals surface area contributed by atoms with Crippen LogP contribution in [0.5, 0.6) is 5.75 Å². The Hall–Kier alpha value is -2.52. The topological polar surface area (TPSA) is 66.9 Å². The molecule has 0 aliphatic carbocycles. The molecule has 0 bridgehead atoms. The third-order valence-corrected chi connectivity index (χ3v) is 6.40. The summed E-state index contributed by atoms with van der Waals surface area (Å²) in [7, 11) is -3.95. The Bertz CT molecular complexity index is 956. The molecule has 28 heavy (non-hydrogen) atoms. The van der Waals surface area contributed by atoms with E-state index < -0.39 is 21.7 Å². The van der Waals surface area contributed by atoms with E-state index in [-0.39, 0.29) is 43.6 Å². The lowest BCUT2D eigenvalue weighted by molar-refractivity contribution is -0.134. The van der Waals surface area contributed by atoms with Gasteiger partial charge in [0, 0.05) is 26.2 Å². The van der Waals surface area contributed by atoms with Crippen molar-refractivity contribution < 1.29 is 26.7 Å². The lowest BCUT2D eigenvalue weighted by Crippen LogP contribution is -2.51. The van der Waals surface area contributed by atoms with Gasteiger partial charge in [-0.15, -0.1) is 0 Å². The monoisotopic (exact) mass is 410 g/mol. The van der Waals surface area contributed by atoms with Gasteiger partial charge in [0.15, 0.2) is 18.2 Å². The van der Waals surface area contributed by atoms with E-state index in [2.05, 4.69) is 0 Å². The average Bonchev–Trinajstić information content (AvgIpc) is 2.69. The molecule has 0 aromatic heterocycles. The molecular formula is C19H20F2N2O4S. The molecule has 0 unspecified atom stereocenters. The Balaban J connectivity index is 1.56. The van der Waals surface area contributed by atoms with Crippen molar-refractivity contribution in [1.29, 1.82) is 0 Å². The molecule has 9 heteroatoms. The van der Waals surface area contributed by atoms with Crippen LogP contribution in [-0.2, 0) is 14.8 Å². The van der Waals surface area contributed by atoms with Crippen molar-refractivity contribution in [1.82, 2.24) is 9.21 Å². The Labute approximate surface area is 162 Å². The number of ether oxygens (including phenoxy) is 1. The minimum atomic E-state index is -3.95. The number of rotatable bonds is 5. The molecule has 1 aliphatic rings. The summed E-state index contributed by atoms with van der Waals surface area (Å²) in [4.78, 5) is 13.5. The largest absolute Gasteiger partial charge is 0.484 e. The summed E-state index contributed by atoms with van der Waals surface area (Å²) in [6.07, 6.45) is 0. The quantitative estimate of drug-likeness (QED) is 0.758. The zero-order valence-corrected chi connectivity index (χ0v) is 16.1. The predicted molar refractivity (Wildman–Crippen MR) is 98.4 cm³/mol. The molecule has 2 aromatic rings. The van der Waals surface area contributed by atoms with Gasteiger partial charge in [-0.2, -0.15) is 4.31 Å². The minimum absolute atomic E-state index is 0.0671. The van der Waals surface area contributed by atoms with Crippen LogP contribution in [-0.4, -0.2) is 56.3 Å². The fourth-order valence-electron chi connectivity index (χ4n) is 2.84. The maximum atomic E-state index is 13.4. The van der Waals surface area contributed by atoms with E-state index in [4.69, 9.17) is 4.74 Å².